The van der Waals surface area contributed by atoms with E-state index in [1.807, 2.05) is 13.8 Å². The fraction of sp³-hybridized carbons (Fsp3) is 0.500. The van der Waals surface area contributed by atoms with Gasteiger partial charge in [0.25, 0.3) is 10.2 Å². The fourth-order valence-corrected chi connectivity index (χ4v) is 3.56. The fourth-order valence-electron chi connectivity index (χ4n) is 2.01. The van der Waals surface area contributed by atoms with Crippen molar-refractivity contribution in [1.29, 1.82) is 0 Å². The quantitative estimate of drug-likeness (QED) is 0.716. The third kappa shape index (κ3) is 5.11. The number of benzene rings is 1. The second-order valence-corrected chi connectivity index (χ2v) is 6.47. The van der Waals surface area contributed by atoms with E-state index in [0.29, 0.717) is 31.5 Å². The van der Waals surface area contributed by atoms with E-state index in [9.17, 15) is 13.2 Å². The Balaban J connectivity index is 2.99. The zero-order valence-corrected chi connectivity index (χ0v) is 13.3. The Hall–Kier alpha value is -1.44. The number of amides is 1. The van der Waals surface area contributed by atoms with E-state index in [0.717, 1.165) is 0 Å². The highest BCUT2D eigenvalue weighted by atomic mass is 32.2. The van der Waals surface area contributed by atoms with Gasteiger partial charge in [-0.25, -0.2) is 0 Å². The number of rotatable bonds is 9. The first-order valence-electron chi connectivity index (χ1n) is 7.04. The van der Waals surface area contributed by atoms with Crippen LogP contribution in [0.25, 0.3) is 0 Å². The molecule has 1 atom stereocenters. The Morgan fingerprint density at radius 3 is 2.14 bits per heavy atom. The molecule has 1 aromatic rings. The summed E-state index contributed by atoms with van der Waals surface area (Å²) in [4.78, 5) is 11.6. The van der Waals surface area contributed by atoms with E-state index < -0.39 is 22.2 Å². The average molecular weight is 313 g/mol. The van der Waals surface area contributed by atoms with Gasteiger partial charge in [-0.1, -0.05) is 44.2 Å². The van der Waals surface area contributed by atoms with E-state index in [-0.39, 0.29) is 0 Å². The zero-order chi connectivity index (χ0) is 15.9. The molecule has 0 saturated carbocycles. The molecule has 0 fully saturated rings. The number of nitrogens with one attached hydrogen (secondary N) is 1. The highest BCUT2D eigenvalue weighted by Crippen LogP contribution is 2.15. The van der Waals surface area contributed by atoms with Crippen molar-refractivity contribution in [3.05, 3.63) is 35.9 Å². The molecule has 1 rings (SSSR count). The molecule has 0 aliphatic rings. The Morgan fingerprint density at radius 1 is 1.19 bits per heavy atom. The van der Waals surface area contributed by atoms with Crippen molar-refractivity contribution < 1.29 is 13.2 Å². The summed E-state index contributed by atoms with van der Waals surface area (Å²) in [5.74, 6) is -0.724. The summed E-state index contributed by atoms with van der Waals surface area (Å²) in [7, 11) is -3.76. The van der Waals surface area contributed by atoms with Gasteiger partial charge in [0.2, 0.25) is 5.91 Å². The van der Waals surface area contributed by atoms with Crippen LogP contribution in [0.4, 0.5) is 0 Å². The van der Waals surface area contributed by atoms with Crippen LogP contribution >= 0.6 is 0 Å². The minimum absolute atomic E-state index is 0.406. The molecule has 0 spiro atoms. The molecular weight excluding hydrogens is 290 g/mol. The average Bonchev–Trinajstić information content (AvgIpc) is 2.45. The number of hydrogen-bond donors (Lipinski definition) is 2. The van der Waals surface area contributed by atoms with E-state index >= 15 is 0 Å². The van der Waals surface area contributed by atoms with Gasteiger partial charge in [0.15, 0.2) is 0 Å². The minimum Gasteiger partial charge on any atom is -0.368 e. The largest absolute Gasteiger partial charge is 0.368 e. The highest BCUT2D eigenvalue weighted by molar-refractivity contribution is 7.87. The van der Waals surface area contributed by atoms with Crippen LogP contribution in [0.1, 0.15) is 38.3 Å². The second kappa shape index (κ2) is 8.11. The molecule has 3 N–H and O–H groups in total. The molecule has 0 aliphatic carbocycles. The van der Waals surface area contributed by atoms with Crippen LogP contribution < -0.4 is 10.5 Å². The van der Waals surface area contributed by atoms with Crippen molar-refractivity contribution in [3.8, 4) is 0 Å². The molecule has 0 saturated heterocycles. The van der Waals surface area contributed by atoms with Crippen molar-refractivity contribution in [3.63, 3.8) is 0 Å². The monoisotopic (exact) mass is 313 g/mol. The molecule has 6 nitrogen and oxygen atoms in total. The normalized spacial score (nSPS) is 13.3. The lowest BCUT2D eigenvalue weighted by Crippen LogP contribution is -2.46. The first-order valence-corrected chi connectivity index (χ1v) is 8.48. The number of primary amides is 1. The summed E-state index contributed by atoms with van der Waals surface area (Å²) in [6.07, 6.45) is 1.40. The maximum Gasteiger partial charge on any atom is 0.280 e. The van der Waals surface area contributed by atoms with E-state index in [1.165, 1.54) is 4.31 Å². The van der Waals surface area contributed by atoms with Crippen molar-refractivity contribution in [2.75, 3.05) is 13.1 Å². The topological polar surface area (TPSA) is 92.5 Å². The van der Waals surface area contributed by atoms with E-state index in [2.05, 4.69) is 4.72 Å². The Bertz CT molecular complexity index is 540. The molecule has 7 heteroatoms. The van der Waals surface area contributed by atoms with Crippen molar-refractivity contribution >= 4 is 16.1 Å². The van der Waals surface area contributed by atoms with Gasteiger partial charge in [0.1, 0.15) is 6.04 Å². The van der Waals surface area contributed by atoms with Crippen LogP contribution in [0.15, 0.2) is 30.3 Å². The first kappa shape index (κ1) is 17.6. The van der Waals surface area contributed by atoms with Crippen molar-refractivity contribution in [1.82, 2.24) is 9.03 Å². The summed E-state index contributed by atoms with van der Waals surface area (Å²) in [5, 5.41) is 0. The number of hydrogen-bond acceptors (Lipinski definition) is 3. The Morgan fingerprint density at radius 2 is 1.71 bits per heavy atom. The van der Waals surface area contributed by atoms with Gasteiger partial charge in [-0.3, -0.25) is 4.79 Å². The third-order valence-corrected chi connectivity index (χ3v) is 4.55. The predicted octanol–water partition coefficient (Wildman–Crippen LogP) is 1.17. The highest BCUT2D eigenvalue weighted by Gasteiger charge is 2.28. The maximum absolute atomic E-state index is 12.4. The van der Waals surface area contributed by atoms with E-state index in [1.54, 1.807) is 30.3 Å². The molecular formula is C14H23N3O3S. The molecule has 1 aromatic carbocycles. The molecule has 0 radical (unpaired) electrons. The summed E-state index contributed by atoms with van der Waals surface area (Å²) in [6.45, 7) is 4.62. The summed E-state index contributed by atoms with van der Waals surface area (Å²) in [5.41, 5.74) is 5.87. The molecule has 0 aromatic heterocycles. The smallest absolute Gasteiger partial charge is 0.280 e. The molecule has 0 bridgehead atoms. The molecule has 1 amide bonds. The van der Waals surface area contributed by atoms with Crippen LogP contribution in [0.5, 0.6) is 0 Å². The van der Waals surface area contributed by atoms with Crippen LogP contribution in [0, 0.1) is 0 Å². The standard InChI is InChI=1S/C14H23N3O3S/c1-3-10-17(11-4-2)21(19,20)16-13(14(15)18)12-8-6-5-7-9-12/h5-9,13,16H,3-4,10-11H2,1-2H3,(H2,15,18)/t13-/m1/s1. The van der Waals surface area contributed by atoms with Crippen LogP contribution in [-0.2, 0) is 15.0 Å². The van der Waals surface area contributed by atoms with Gasteiger partial charge in [0.05, 0.1) is 0 Å². The van der Waals surface area contributed by atoms with Crippen LogP contribution in [-0.4, -0.2) is 31.7 Å². The minimum atomic E-state index is -3.76. The summed E-state index contributed by atoms with van der Waals surface area (Å²) in [6, 6.07) is 7.53. The second-order valence-electron chi connectivity index (χ2n) is 4.77. The SMILES string of the molecule is CCCN(CCC)S(=O)(=O)N[C@@H](C(N)=O)c1ccccc1. The number of nitrogens with zero attached hydrogens (tertiary/aromatic N) is 1. The van der Waals surface area contributed by atoms with Crippen molar-refractivity contribution in [2.45, 2.75) is 32.7 Å². The lowest BCUT2D eigenvalue weighted by atomic mass is 10.1. The predicted molar refractivity (Wildman–Crippen MR) is 82.6 cm³/mol. The van der Waals surface area contributed by atoms with E-state index in [4.69, 9.17) is 5.73 Å². The van der Waals surface area contributed by atoms with Gasteiger partial charge in [-0.15, -0.1) is 0 Å². The summed E-state index contributed by atoms with van der Waals surface area (Å²) < 4.78 is 28.6. The molecule has 0 heterocycles. The number of carbonyl (C=O) groups is 1. The zero-order valence-electron chi connectivity index (χ0n) is 12.5. The van der Waals surface area contributed by atoms with Crippen LogP contribution in [0.2, 0.25) is 0 Å². The number of carbonyl (C=O) groups excluding carboxylic acids is 1. The molecule has 0 aliphatic heterocycles. The van der Waals surface area contributed by atoms with Gasteiger partial charge >= 0.3 is 0 Å². The van der Waals surface area contributed by atoms with Gasteiger partial charge in [0, 0.05) is 13.1 Å². The Kier molecular flexibility index (Phi) is 6.80. The number of nitrogens with two attached hydrogens (primary N) is 1. The van der Waals surface area contributed by atoms with Gasteiger partial charge in [-0.05, 0) is 18.4 Å². The first-order chi connectivity index (χ1) is 9.92. The maximum atomic E-state index is 12.4. The Labute approximate surface area is 126 Å². The summed E-state index contributed by atoms with van der Waals surface area (Å²) >= 11 is 0. The lowest BCUT2D eigenvalue weighted by Gasteiger charge is -2.24. The van der Waals surface area contributed by atoms with Gasteiger partial charge < -0.3 is 5.73 Å². The molecule has 21 heavy (non-hydrogen) atoms. The van der Waals surface area contributed by atoms with Crippen LogP contribution in [0.3, 0.4) is 0 Å². The van der Waals surface area contributed by atoms with Crippen molar-refractivity contribution in [2.24, 2.45) is 5.73 Å². The molecule has 118 valence electrons. The van der Waals surface area contributed by atoms with Gasteiger partial charge in [-0.2, -0.15) is 17.4 Å². The lowest BCUT2D eigenvalue weighted by molar-refractivity contribution is -0.119. The molecule has 0 unspecified atom stereocenters. The third-order valence-electron chi connectivity index (χ3n) is 2.97.